The van der Waals surface area contributed by atoms with Gasteiger partial charge in [0.05, 0.1) is 95.4 Å². The fourth-order valence-corrected chi connectivity index (χ4v) is 7.70. The summed E-state index contributed by atoms with van der Waals surface area (Å²) in [6.07, 6.45) is 0. The minimum Gasteiger partial charge on any atom is -0.491 e. The number of aliphatic carboxylic acids is 1. The number of aromatic nitrogens is 3. The first-order chi connectivity index (χ1) is 37.5. The highest BCUT2D eigenvalue weighted by Crippen LogP contribution is 2.18. The number of ether oxygens (including phenoxy) is 8. The maximum atomic E-state index is 12.4. The van der Waals surface area contributed by atoms with E-state index in [1.165, 1.54) is 12.1 Å². The van der Waals surface area contributed by atoms with Gasteiger partial charge in [-0.15, -0.1) is 0 Å². The summed E-state index contributed by atoms with van der Waals surface area (Å²) in [4.78, 5) is 56.7. The Balaban J connectivity index is 1.15. The number of benzene rings is 2. The fraction of sp³-hybridized carbons (Fsp3) is 0.404. The zero-order chi connectivity index (χ0) is 54.5. The van der Waals surface area contributed by atoms with Crippen LogP contribution in [-0.4, -0.2) is 189 Å². The van der Waals surface area contributed by atoms with Gasteiger partial charge in [0.15, 0.2) is 0 Å². The molecular weight excluding hydrogens is 993 g/mol. The van der Waals surface area contributed by atoms with Gasteiger partial charge in [0.2, 0.25) is 0 Å². The van der Waals surface area contributed by atoms with E-state index in [-0.39, 0.29) is 37.6 Å². The number of hydrogen-bond acceptors (Lipinski definition) is 17. The van der Waals surface area contributed by atoms with E-state index in [4.69, 9.17) is 42.9 Å². The average molecular weight is 1060 g/mol. The molecule has 0 radical (unpaired) electrons. The van der Waals surface area contributed by atoms with Crippen LogP contribution in [0.15, 0.2) is 91.0 Å². The number of carboxylic acid groups (broad SMARTS) is 3. The molecule has 0 amide bonds. The van der Waals surface area contributed by atoms with E-state index in [0.29, 0.717) is 163 Å². The minimum absolute atomic E-state index is 0.156. The van der Waals surface area contributed by atoms with Crippen LogP contribution >= 0.6 is 0 Å². The largest absolute Gasteiger partial charge is 0.491 e. The third kappa shape index (κ3) is 22.4. The van der Waals surface area contributed by atoms with Crippen molar-refractivity contribution in [1.82, 2.24) is 29.7 Å². The van der Waals surface area contributed by atoms with E-state index < -0.39 is 17.9 Å². The lowest BCUT2D eigenvalue weighted by molar-refractivity contribution is -0.138. The zero-order valence-corrected chi connectivity index (χ0v) is 43.5. The number of nitrogens with zero attached hydrogens (tertiary/aromatic N) is 6. The lowest BCUT2D eigenvalue weighted by Gasteiger charge is -2.30. The van der Waals surface area contributed by atoms with E-state index in [1.807, 2.05) is 42.5 Å². The number of methoxy groups -OCH3 is 2. The number of rotatable bonds is 28. The molecule has 3 N–H and O–H groups in total. The zero-order valence-electron chi connectivity index (χ0n) is 43.5. The number of pyridine rings is 3. The summed E-state index contributed by atoms with van der Waals surface area (Å²) >= 11 is 0. The maximum absolute atomic E-state index is 12.4. The summed E-state index contributed by atoms with van der Waals surface area (Å²) in [6, 6.07) is 26.5. The quantitative estimate of drug-likeness (QED) is 0.0459. The van der Waals surface area contributed by atoms with E-state index in [1.54, 1.807) is 55.5 Å². The summed E-state index contributed by atoms with van der Waals surface area (Å²) in [5.41, 5.74) is 4.32. The molecule has 77 heavy (non-hydrogen) atoms. The van der Waals surface area contributed by atoms with Gasteiger partial charge in [0.1, 0.15) is 36.1 Å². The Labute approximate surface area is 448 Å². The van der Waals surface area contributed by atoms with Crippen molar-refractivity contribution >= 4 is 17.9 Å². The summed E-state index contributed by atoms with van der Waals surface area (Å²) in [6.45, 7) is 7.88. The van der Waals surface area contributed by atoms with Gasteiger partial charge in [-0.25, -0.2) is 19.6 Å². The lowest BCUT2D eigenvalue weighted by atomic mass is 10.1. The van der Waals surface area contributed by atoms with Crippen molar-refractivity contribution in [2.45, 2.75) is 26.2 Å². The molecule has 0 unspecified atom stereocenters. The summed E-state index contributed by atoms with van der Waals surface area (Å²) < 4.78 is 43.4. The van der Waals surface area contributed by atoms with Gasteiger partial charge in [-0.05, 0) is 84.9 Å². The summed E-state index contributed by atoms with van der Waals surface area (Å²) in [5, 5.41) is 30.1. The molecule has 0 spiro atoms. The molecule has 20 nitrogen and oxygen atoms in total. The first kappa shape index (κ1) is 58.9. The van der Waals surface area contributed by atoms with Crippen LogP contribution in [0, 0.1) is 23.7 Å². The molecule has 0 saturated heterocycles. The normalized spacial score (nSPS) is 13.3. The summed E-state index contributed by atoms with van der Waals surface area (Å²) in [7, 11) is 3.24. The van der Waals surface area contributed by atoms with Crippen molar-refractivity contribution in [3.8, 4) is 35.2 Å². The molecule has 2 aromatic carbocycles. The average Bonchev–Trinajstić information content (AvgIpc) is 3.41. The molecule has 0 saturated carbocycles. The second-order valence-corrected chi connectivity index (χ2v) is 17.5. The molecular formula is C57H66N6O14. The molecule has 0 atom stereocenters. The SMILES string of the molecule is COCCOCCOCCOc1ccc(C#Cc2cc(CN3CCN(CC(=O)O)Cc4cccc(n4)CN(Cc4cc(C#Cc5ccc(OCCOCCOCCOC)cc5)cc(C(=O)O)n4)CC3)nc(C(=O)O)c2)cc1. The summed E-state index contributed by atoms with van der Waals surface area (Å²) in [5.74, 6) is 10.4. The first-order valence-electron chi connectivity index (χ1n) is 25.1. The van der Waals surface area contributed by atoms with Crippen LogP contribution in [0.3, 0.4) is 0 Å². The second kappa shape index (κ2) is 33.0. The maximum Gasteiger partial charge on any atom is 0.354 e. The van der Waals surface area contributed by atoms with Crippen LogP contribution in [0.1, 0.15) is 66.0 Å². The molecule has 408 valence electrons. The van der Waals surface area contributed by atoms with E-state index in [2.05, 4.69) is 43.4 Å². The van der Waals surface area contributed by atoms with Crippen molar-refractivity contribution in [3.05, 3.63) is 147 Å². The van der Waals surface area contributed by atoms with Gasteiger partial charge in [-0.2, -0.15) is 0 Å². The third-order valence-electron chi connectivity index (χ3n) is 11.4. The molecule has 4 heterocycles. The third-order valence-corrected chi connectivity index (χ3v) is 11.4. The Hall–Kier alpha value is -7.34. The molecule has 1 aliphatic heterocycles. The van der Waals surface area contributed by atoms with Crippen LogP contribution in [0.5, 0.6) is 11.5 Å². The van der Waals surface area contributed by atoms with Gasteiger partial charge in [0.25, 0.3) is 0 Å². The molecule has 6 rings (SSSR count). The van der Waals surface area contributed by atoms with Gasteiger partial charge < -0.3 is 53.2 Å². The molecule has 5 aromatic rings. The molecule has 3 aromatic heterocycles. The van der Waals surface area contributed by atoms with Crippen LogP contribution in [-0.2, 0) is 59.4 Å². The van der Waals surface area contributed by atoms with Crippen molar-refractivity contribution in [2.24, 2.45) is 0 Å². The van der Waals surface area contributed by atoms with Crippen molar-refractivity contribution in [3.63, 3.8) is 0 Å². The topological polar surface area (TPSA) is 234 Å². The predicted molar refractivity (Wildman–Crippen MR) is 282 cm³/mol. The standard InChI is InChI=1S/C57H66N6O14/c1-70-22-24-72-26-28-74-30-32-76-51-14-10-43(11-15-51)6-8-45-34-49(59-53(36-45)56(66)67)40-61-18-20-62(38-47-4-3-5-48(58-47)39-63(21-19-61)42-55(64)65)41-50-35-46(37-54(60-50)57(68)69)9-7-44-12-16-52(17-13-44)77-33-31-75-29-27-73-25-23-71-2/h3-5,10-17,34-37H,18-33,38-42H2,1-2H3,(H,64,65)(H,66,67)(H,68,69). The molecule has 2 bridgehead atoms. The monoisotopic (exact) mass is 1060 g/mol. The number of carboxylic acids is 3. The lowest BCUT2D eigenvalue weighted by Crippen LogP contribution is -2.41. The van der Waals surface area contributed by atoms with Gasteiger partial charge >= 0.3 is 17.9 Å². The van der Waals surface area contributed by atoms with Crippen molar-refractivity contribution in [1.29, 1.82) is 0 Å². The number of fused-ring (bicyclic) bond motifs is 2. The smallest absolute Gasteiger partial charge is 0.354 e. The van der Waals surface area contributed by atoms with E-state index in [9.17, 15) is 29.7 Å². The van der Waals surface area contributed by atoms with E-state index >= 15 is 0 Å². The number of hydrogen-bond donors (Lipinski definition) is 3. The van der Waals surface area contributed by atoms with Crippen LogP contribution in [0.25, 0.3) is 0 Å². The van der Waals surface area contributed by atoms with Crippen molar-refractivity contribution < 1.29 is 67.6 Å². The molecule has 20 heteroatoms. The predicted octanol–water partition coefficient (Wildman–Crippen LogP) is 4.59. The van der Waals surface area contributed by atoms with Gasteiger partial charge in [0, 0.05) is 88.8 Å². The number of carbonyl (C=O) groups is 3. The van der Waals surface area contributed by atoms with Crippen LogP contribution in [0.4, 0.5) is 0 Å². The second-order valence-electron chi connectivity index (χ2n) is 17.5. The number of aromatic carboxylic acids is 2. The Morgan fingerprint density at radius 3 is 1.30 bits per heavy atom. The van der Waals surface area contributed by atoms with Crippen LogP contribution in [0.2, 0.25) is 0 Å². The fourth-order valence-electron chi connectivity index (χ4n) is 7.70. The molecule has 0 fully saturated rings. The minimum atomic E-state index is -1.21. The van der Waals surface area contributed by atoms with E-state index in [0.717, 1.165) is 5.69 Å². The van der Waals surface area contributed by atoms with Gasteiger partial charge in [-0.3, -0.25) is 24.5 Å². The Morgan fingerprint density at radius 2 is 0.857 bits per heavy atom. The first-order valence-corrected chi connectivity index (χ1v) is 25.1. The highest BCUT2D eigenvalue weighted by Gasteiger charge is 2.20. The van der Waals surface area contributed by atoms with Crippen LogP contribution < -0.4 is 9.47 Å². The highest BCUT2D eigenvalue weighted by atomic mass is 16.6. The molecule has 1 aliphatic rings. The Morgan fingerprint density at radius 1 is 0.468 bits per heavy atom. The Kier molecular flexibility index (Phi) is 25.2. The highest BCUT2D eigenvalue weighted by molar-refractivity contribution is 5.86. The van der Waals surface area contributed by atoms with Crippen molar-refractivity contribution in [2.75, 3.05) is 126 Å². The Bertz CT molecular complexity index is 2780. The van der Waals surface area contributed by atoms with Gasteiger partial charge in [-0.1, -0.05) is 29.7 Å². The molecule has 0 aliphatic carbocycles.